The highest BCUT2D eigenvalue weighted by Gasteiger charge is 2.68. The van der Waals surface area contributed by atoms with Gasteiger partial charge in [-0.15, -0.1) is 0 Å². The second kappa shape index (κ2) is 10.1. The fraction of sp³-hybridized carbons (Fsp3) is 1.00. The highest BCUT2D eigenvalue weighted by atomic mass is 14.7. The van der Waals surface area contributed by atoms with Gasteiger partial charge in [-0.25, -0.2) is 0 Å². The van der Waals surface area contributed by atoms with E-state index in [1.807, 2.05) is 0 Å². The first kappa shape index (κ1) is 29.5. The topological polar surface area (TPSA) is 0 Å². The van der Waals surface area contributed by atoms with Crippen molar-refractivity contribution in [2.75, 3.05) is 0 Å². The van der Waals surface area contributed by atoms with Gasteiger partial charge < -0.3 is 0 Å². The Morgan fingerprint density at radius 1 is 0.684 bits per heavy atom. The maximum atomic E-state index is 2.82. The van der Waals surface area contributed by atoms with Crippen molar-refractivity contribution in [1.82, 2.24) is 0 Å². The van der Waals surface area contributed by atoms with Gasteiger partial charge in [0.1, 0.15) is 0 Å². The molecule has 0 heterocycles. The molecule has 0 radical (unpaired) electrons. The lowest BCUT2D eigenvalue weighted by Gasteiger charge is -2.73. The van der Waals surface area contributed by atoms with E-state index in [0.717, 1.165) is 82.9 Å². The minimum Gasteiger partial charge on any atom is -0.0625 e. The van der Waals surface area contributed by atoms with Gasteiger partial charge in [0.05, 0.1) is 0 Å². The molecule has 0 aromatic heterocycles. The van der Waals surface area contributed by atoms with Crippen molar-refractivity contribution >= 4 is 0 Å². The van der Waals surface area contributed by atoms with Crippen LogP contribution in [-0.4, -0.2) is 0 Å². The molecular formula is C38H68. The van der Waals surface area contributed by atoms with Gasteiger partial charge in [0.15, 0.2) is 0 Å². The SMILES string of the molecule is CC(C)C1CCCC(C2CCC(C)C3C(C)C4C(C)C5(C)C(C)C(C(C)C)C(C)CC5(C)CC4(C)CC23)C1. The highest BCUT2D eigenvalue weighted by Crippen LogP contribution is 2.75. The first-order valence-electron chi connectivity index (χ1n) is 17.7. The quantitative estimate of drug-likeness (QED) is 0.344. The van der Waals surface area contributed by atoms with Gasteiger partial charge in [0, 0.05) is 0 Å². The van der Waals surface area contributed by atoms with Gasteiger partial charge in [-0.3, -0.25) is 0 Å². The summed E-state index contributed by atoms with van der Waals surface area (Å²) in [6.07, 6.45) is 13.7. The van der Waals surface area contributed by atoms with Gasteiger partial charge in [-0.2, -0.15) is 0 Å². The zero-order chi connectivity index (χ0) is 27.9. The van der Waals surface area contributed by atoms with Crippen molar-refractivity contribution in [3.63, 3.8) is 0 Å². The van der Waals surface area contributed by atoms with Crippen molar-refractivity contribution in [2.45, 2.75) is 141 Å². The third-order valence-corrected chi connectivity index (χ3v) is 15.9. The summed E-state index contributed by atoms with van der Waals surface area (Å²) in [5.41, 5.74) is 1.47. The van der Waals surface area contributed by atoms with Crippen LogP contribution in [0.4, 0.5) is 0 Å². The molecule has 38 heavy (non-hydrogen) atoms. The van der Waals surface area contributed by atoms with Crippen molar-refractivity contribution < 1.29 is 0 Å². The maximum absolute atomic E-state index is 2.82. The Kier molecular flexibility index (Phi) is 7.82. The van der Waals surface area contributed by atoms with Gasteiger partial charge in [0.25, 0.3) is 0 Å². The number of fused-ring (bicyclic) bond motifs is 3. The fourth-order valence-electron chi connectivity index (χ4n) is 14.6. The summed E-state index contributed by atoms with van der Waals surface area (Å²) in [4.78, 5) is 0. The second-order valence-corrected chi connectivity index (χ2v) is 18.2. The molecule has 5 fully saturated rings. The van der Waals surface area contributed by atoms with E-state index < -0.39 is 0 Å². The molecule has 15 atom stereocenters. The molecule has 0 spiro atoms. The van der Waals surface area contributed by atoms with Gasteiger partial charge >= 0.3 is 0 Å². The monoisotopic (exact) mass is 525 g/mol. The molecular weight excluding hydrogens is 456 g/mol. The molecule has 0 nitrogen and oxygen atoms in total. The summed E-state index contributed by atoms with van der Waals surface area (Å²) < 4.78 is 0. The van der Waals surface area contributed by atoms with E-state index in [9.17, 15) is 0 Å². The molecule has 5 rings (SSSR count). The van der Waals surface area contributed by atoms with Crippen LogP contribution in [0.25, 0.3) is 0 Å². The van der Waals surface area contributed by atoms with Crippen LogP contribution >= 0.6 is 0 Å². The molecule has 5 aliphatic rings. The summed E-state index contributed by atoms with van der Waals surface area (Å²) in [7, 11) is 0. The molecule has 220 valence electrons. The summed E-state index contributed by atoms with van der Waals surface area (Å²) in [5.74, 6) is 12.8. The maximum Gasteiger partial charge on any atom is -0.0215 e. The highest BCUT2D eigenvalue weighted by molar-refractivity contribution is 5.17. The predicted molar refractivity (Wildman–Crippen MR) is 166 cm³/mol. The van der Waals surface area contributed by atoms with Crippen LogP contribution < -0.4 is 0 Å². The molecule has 0 bridgehead atoms. The minimum absolute atomic E-state index is 0.463. The molecule has 0 N–H and O–H groups in total. The van der Waals surface area contributed by atoms with Crippen LogP contribution in [0.5, 0.6) is 0 Å². The Bertz CT molecular complexity index is 839. The van der Waals surface area contributed by atoms with Gasteiger partial charge in [0.2, 0.25) is 0 Å². The van der Waals surface area contributed by atoms with E-state index in [-0.39, 0.29) is 0 Å². The first-order valence-corrected chi connectivity index (χ1v) is 17.7. The summed E-state index contributed by atoms with van der Waals surface area (Å²) >= 11 is 0. The molecule has 0 heteroatoms. The number of hydrogen-bond donors (Lipinski definition) is 0. The molecule has 5 saturated carbocycles. The first-order chi connectivity index (χ1) is 17.7. The predicted octanol–water partition coefficient (Wildman–Crippen LogP) is 11.4. The van der Waals surface area contributed by atoms with Crippen LogP contribution in [0, 0.1) is 99.1 Å². The molecule has 15 unspecified atom stereocenters. The van der Waals surface area contributed by atoms with Crippen molar-refractivity contribution in [3.8, 4) is 0 Å². The van der Waals surface area contributed by atoms with Crippen LogP contribution in [0.3, 0.4) is 0 Å². The van der Waals surface area contributed by atoms with Gasteiger partial charge in [-0.1, -0.05) is 109 Å². The van der Waals surface area contributed by atoms with Gasteiger partial charge in [-0.05, 0) is 131 Å². The fourth-order valence-corrected chi connectivity index (χ4v) is 14.6. The molecule has 0 aromatic rings. The third-order valence-electron chi connectivity index (χ3n) is 15.9. The molecule has 0 amide bonds. The van der Waals surface area contributed by atoms with E-state index in [1.54, 1.807) is 19.3 Å². The number of rotatable bonds is 3. The van der Waals surface area contributed by atoms with Crippen molar-refractivity contribution in [1.29, 1.82) is 0 Å². The Balaban J connectivity index is 1.50. The summed E-state index contributed by atoms with van der Waals surface area (Å²) in [5, 5.41) is 0. The van der Waals surface area contributed by atoms with Crippen LogP contribution in [0.2, 0.25) is 0 Å². The lowest BCUT2D eigenvalue weighted by molar-refractivity contribution is -0.249. The summed E-state index contributed by atoms with van der Waals surface area (Å²) in [6.45, 7) is 32.0. The smallest absolute Gasteiger partial charge is 0.0215 e. The van der Waals surface area contributed by atoms with E-state index in [0.29, 0.717) is 16.2 Å². The Morgan fingerprint density at radius 3 is 2.00 bits per heavy atom. The average Bonchev–Trinajstić information content (AvgIpc) is 2.81. The largest absolute Gasteiger partial charge is 0.0625 e. The molecule has 0 aromatic carbocycles. The zero-order valence-electron chi connectivity index (χ0n) is 27.9. The third kappa shape index (κ3) is 4.24. The van der Waals surface area contributed by atoms with Crippen LogP contribution in [0.15, 0.2) is 0 Å². The standard InChI is InChI=1S/C38H68/c1-22(2)29-14-13-15-30(18-29)31-17-16-24(5)34-26(7)35-28(9)38(12)27(8)33(23(3)4)25(6)19-37(38,11)21-36(35,10)20-32(31)34/h22-35H,13-21H2,1-12H3. The van der Waals surface area contributed by atoms with Crippen LogP contribution in [0.1, 0.15) is 141 Å². The van der Waals surface area contributed by atoms with E-state index in [1.165, 1.54) is 38.5 Å². The van der Waals surface area contributed by atoms with E-state index in [4.69, 9.17) is 0 Å². The molecule has 0 saturated heterocycles. The summed E-state index contributed by atoms with van der Waals surface area (Å²) in [6, 6.07) is 0. The average molecular weight is 525 g/mol. The van der Waals surface area contributed by atoms with Crippen LogP contribution in [-0.2, 0) is 0 Å². The lowest BCUT2D eigenvalue weighted by atomic mass is 9.31. The zero-order valence-corrected chi connectivity index (χ0v) is 27.9. The Hall–Kier alpha value is 0. The minimum atomic E-state index is 0.463. The lowest BCUT2D eigenvalue weighted by Crippen LogP contribution is -2.67. The Morgan fingerprint density at radius 2 is 1.37 bits per heavy atom. The molecule has 0 aliphatic heterocycles. The second-order valence-electron chi connectivity index (χ2n) is 18.2. The molecule has 5 aliphatic carbocycles. The van der Waals surface area contributed by atoms with E-state index in [2.05, 4.69) is 83.1 Å². The Labute approximate surface area is 239 Å². The number of hydrogen-bond acceptors (Lipinski definition) is 0. The van der Waals surface area contributed by atoms with Crippen molar-refractivity contribution in [3.05, 3.63) is 0 Å². The van der Waals surface area contributed by atoms with E-state index >= 15 is 0 Å². The normalized spacial score (nSPS) is 57.3. The van der Waals surface area contributed by atoms with Crippen molar-refractivity contribution in [2.24, 2.45) is 99.1 Å².